The summed E-state index contributed by atoms with van der Waals surface area (Å²) in [5.41, 5.74) is 6.94. The van der Waals surface area contributed by atoms with E-state index in [9.17, 15) is 14.4 Å². The molecule has 0 radical (unpaired) electrons. The molecule has 0 fully saturated rings. The molecule has 0 aliphatic rings. The highest BCUT2D eigenvalue weighted by molar-refractivity contribution is 5.94. The average molecular weight is 305 g/mol. The minimum atomic E-state index is -0.648. The molecule has 0 aromatic heterocycles. The van der Waals surface area contributed by atoms with Gasteiger partial charge in [-0.25, -0.2) is 0 Å². The number of rotatable bonds is 8. The first kappa shape index (κ1) is 17.7. The van der Waals surface area contributed by atoms with Crippen LogP contribution in [0.5, 0.6) is 0 Å². The van der Waals surface area contributed by atoms with Gasteiger partial charge < -0.3 is 16.4 Å². The summed E-state index contributed by atoms with van der Waals surface area (Å²) in [4.78, 5) is 34.0. The van der Waals surface area contributed by atoms with Gasteiger partial charge in [-0.2, -0.15) is 0 Å². The fourth-order valence-corrected chi connectivity index (χ4v) is 2.01. The largest absolute Gasteiger partial charge is 0.368 e. The molecule has 1 aromatic carbocycles. The Kier molecular flexibility index (Phi) is 7.08. The molecule has 3 amide bonds. The molecular formula is C16H23N3O3. The predicted molar refractivity (Wildman–Crippen MR) is 84.2 cm³/mol. The van der Waals surface area contributed by atoms with E-state index in [2.05, 4.69) is 10.6 Å². The van der Waals surface area contributed by atoms with E-state index in [0.29, 0.717) is 31.4 Å². The Bertz CT molecular complexity index is 526. The second-order valence-electron chi connectivity index (χ2n) is 5.27. The van der Waals surface area contributed by atoms with Gasteiger partial charge >= 0.3 is 0 Å². The van der Waals surface area contributed by atoms with Crippen LogP contribution in [0.3, 0.4) is 0 Å². The highest BCUT2D eigenvalue weighted by Crippen LogP contribution is 2.04. The molecule has 0 heterocycles. The van der Waals surface area contributed by atoms with Crippen molar-refractivity contribution in [1.82, 2.24) is 10.6 Å². The van der Waals surface area contributed by atoms with Gasteiger partial charge in [-0.15, -0.1) is 0 Å². The number of primary amides is 1. The Balaban J connectivity index is 2.27. The van der Waals surface area contributed by atoms with Crippen LogP contribution in [0.1, 0.15) is 42.1 Å². The lowest BCUT2D eigenvalue weighted by atomic mass is 10.1. The highest BCUT2D eigenvalue weighted by Gasteiger charge is 2.15. The van der Waals surface area contributed by atoms with E-state index < -0.39 is 11.9 Å². The van der Waals surface area contributed by atoms with Crippen molar-refractivity contribution in [2.24, 2.45) is 5.73 Å². The molecule has 0 unspecified atom stereocenters. The van der Waals surface area contributed by atoms with Crippen molar-refractivity contribution >= 4 is 17.7 Å². The van der Waals surface area contributed by atoms with Crippen LogP contribution in [-0.4, -0.2) is 30.3 Å². The van der Waals surface area contributed by atoms with Crippen LogP contribution in [0.2, 0.25) is 0 Å². The number of unbranched alkanes of at least 4 members (excludes halogenated alkanes) is 1. The molecule has 120 valence electrons. The summed E-state index contributed by atoms with van der Waals surface area (Å²) in [6.45, 7) is 3.82. The van der Waals surface area contributed by atoms with Gasteiger partial charge in [0.2, 0.25) is 11.8 Å². The number of hydrogen-bond donors (Lipinski definition) is 3. The van der Waals surface area contributed by atoms with Gasteiger partial charge in [0.15, 0.2) is 0 Å². The zero-order chi connectivity index (χ0) is 16.5. The van der Waals surface area contributed by atoms with E-state index in [4.69, 9.17) is 5.73 Å². The van der Waals surface area contributed by atoms with E-state index in [0.717, 1.165) is 5.56 Å². The Labute approximate surface area is 130 Å². The quantitative estimate of drug-likeness (QED) is 0.621. The van der Waals surface area contributed by atoms with Crippen molar-refractivity contribution < 1.29 is 14.4 Å². The Morgan fingerprint density at radius 3 is 2.32 bits per heavy atom. The zero-order valence-electron chi connectivity index (χ0n) is 13.0. The molecule has 0 aliphatic carbocycles. The van der Waals surface area contributed by atoms with Gasteiger partial charge in [0.05, 0.1) is 0 Å². The maximum Gasteiger partial charge on any atom is 0.251 e. The number of nitrogens with two attached hydrogens (primary N) is 1. The summed E-state index contributed by atoms with van der Waals surface area (Å²) in [7, 11) is 0. The molecule has 0 saturated carbocycles. The highest BCUT2D eigenvalue weighted by atomic mass is 16.2. The van der Waals surface area contributed by atoms with Crippen LogP contribution in [0.15, 0.2) is 24.3 Å². The van der Waals surface area contributed by atoms with Crippen molar-refractivity contribution in [2.45, 2.75) is 39.2 Å². The predicted octanol–water partition coefficient (Wildman–Crippen LogP) is 0.885. The molecule has 1 rings (SSSR count). The van der Waals surface area contributed by atoms with Crippen molar-refractivity contribution in [3.8, 4) is 0 Å². The van der Waals surface area contributed by atoms with Crippen LogP contribution in [0.25, 0.3) is 0 Å². The SMILES string of the molecule is CC(=O)N[C@@H](CCCCNC(=O)c1ccc(C)cc1)C(N)=O. The number of carbonyl (C=O) groups is 3. The number of nitrogens with one attached hydrogen (secondary N) is 2. The minimum absolute atomic E-state index is 0.117. The van der Waals surface area contributed by atoms with E-state index in [1.54, 1.807) is 12.1 Å². The molecule has 0 spiro atoms. The van der Waals surface area contributed by atoms with E-state index in [1.165, 1.54) is 6.92 Å². The molecule has 4 N–H and O–H groups in total. The third kappa shape index (κ3) is 6.39. The Morgan fingerprint density at radius 1 is 1.14 bits per heavy atom. The summed E-state index contributed by atoms with van der Waals surface area (Å²) >= 11 is 0. The number of amides is 3. The normalized spacial score (nSPS) is 11.5. The first-order chi connectivity index (χ1) is 10.4. The number of hydrogen-bond acceptors (Lipinski definition) is 3. The molecule has 22 heavy (non-hydrogen) atoms. The number of carbonyl (C=O) groups excluding carboxylic acids is 3. The average Bonchev–Trinajstić information content (AvgIpc) is 2.45. The summed E-state index contributed by atoms with van der Waals surface area (Å²) < 4.78 is 0. The van der Waals surface area contributed by atoms with Gasteiger partial charge in [-0.3, -0.25) is 14.4 Å². The van der Waals surface area contributed by atoms with Gasteiger partial charge in [-0.05, 0) is 38.3 Å². The fourth-order valence-electron chi connectivity index (χ4n) is 2.01. The first-order valence-electron chi connectivity index (χ1n) is 7.31. The van der Waals surface area contributed by atoms with E-state index >= 15 is 0 Å². The summed E-state index contributed by atoms with van der Waals surface area (Å²) in [6.07, 6.45) is 1.86. The maximum absolute atomic E-state index is 11.9. The first-order valence-corrected chi connectivity index (χ1v) is 7.31. The molecule has 0 saturated heterocycles. The van der Waals surface area contributed by atoms with Crippen LogP contribution in [0, 0.1) is 6.92 Å². The Morgan fingerprint density at radius 2 is 1.77 bits per heavy atom. The van der Waals surface area contributed by atoms with Gasteiger partial charge in [-0.1, -0.05) is 17.7 Å². The van der Waals surface area contributed by atoms with Crippen LogP contribution >= 0.6 is 0 Å². The van der Waals surface area contributed by atoms with Crippen molar-refractivity contribution in [1.29, 1.82) is 0 Å². The summed E-state index contributed by atoms with van der Waals surface area (Å²) in [5.74, 6) is -0.941. The number of benzene rings is 1. The second kappa shape index (κ2) is 8.81. The topological polar surface area (TPSA) is 101 Å². The van der Waals surface area contributed by atoms with E-state index in [-0.39, 0.29) is 11.8 Å². The summed E-state index contributed by atoms with van der Waals surface area (Å²) in [6, 6.07) is 6.69. The molecule has 0 aliphatic heterocycles. The molecule has 1 aromatic rings. The Hall–Kier alpha value is -2.37. The molecule has 6 nitrogen and oxygen atoms in total. The van der Waals surface area contributed by atoms with Crippen molar-refractivity contribution in [3.05, 3.63) is 35.4 Å². The van der Waals surface area contributed by atoms with Crippen LogP contribution in [-0.2, 0) is 9.59 Å². The van der Waals surface area contributed by atoms with Gasteiger partial charge in [0.1, 0.15) is 6.04 Å². The monoisotopic (exact) mass is 305 g/mol. The lowest BCUT2D eigenvalue weighted by molar-refractivity contribution is -0.126. The van der Waals surface area contributed by atoms with Gasteiger partial charge in [0, 0.05) is 19.0 Å². The van der Waals surface area contributed by atoms with Crippen LogP contribution < -0.4 is 16.4 Å². The van der Waals surface area contributed by atoms with E-state index in [1.807, 2.05) is 19.1 Å². The maximum atomic E-state index is 11.9. The summed E-state index contributed by atoms with van der Waals surface area (Å²) in [5, 5.41) is 5.33. The third-order valence-electron chi connectivity index (χ3n) is 3.24. The fraction of sp³-hybridized carbons (Fsp3) is 0.438. The molecule has 0 bridgehead atoms. The lowest BCUT2D eigenvalue weighted by Gasteiger charge is -2.14. The standard InChI is InChI=1S/C16H23N3O3/c1-11-6-8-13(9-7-11)16(22)18-10-4-3-5-14(15(17)21)19-12(2)20/h6-9,14H,3-5,10H2,1-2H3,(H2,17,21)(H,18,22)(H,19,20)/t14-/m0/s1. The second-order valence-corrected chi connectivity index (χ2v) is 5.27. The lowest BCUT2D eigenvalue weighted by Crippen LogP contribution is -2.43. The van der Waals surface area contributed by atoms with Gasteiger partial charge in [0.25, 0.3) is 5.91 Å². The number of aryl methyl sites for hydroxylation is 1. The third-order valence-corrected chi connectivity index (χ3v) is 3.24. The smallest absolute Gasteiger partial charge is 0.251 e. The van der Waals surface area contributed by atoms with Crippen LogP contribution in [0.4, 0.5) is 0 Å². The zero-order valence-corrected chi connectivity index (χ0v) is 13.0. The minimum Gasteiger partial charge on any atom is -0.368 e. The molecular weight excluding hydrogens is 282 g/mol. The van der Waals surface area contributed by atoms with Crippen molar-refractivity contribution in [3.63, 3.8) is 0 Å². The molecule has 6 heteroatoms. The van der Waals surface area contributed by atoms with Crippen molar-refractivity contribution in [2.75, 3.05) is 6.54 Å². The molecule has 1 atom stereocenters.